The Kier molecular flexibility index (Phi) is 5.72. The Bertz CT molecular complexity index is 1230. The molecule has 0 spiro atoms. The van der Waals surface area contributed by atoms with Crippen molar-refractivity contribution in [1.29, 1.82) is 0 Å². The molecular weight excluding hydrogens is 434 g/mol. The van der Waals surface area contributed by atoms with Crippen molar-refractivity contribution in [2.24, 2.45) is 0 Å². The van der Waals surface area contributed by atoms with Crippen LogP contribution in [0.4, 0.5) is 11.4 Å². The van der Waals surface area contributed by atoms with Crippen molar-refractivity contribution in [3.8, 4) is 0 Å². The first-order valence-electron chi connectivity index (χ1n) is 11.2. The molecule has 1 saturated heterocycles. The van der Waals surface area contributed by atoms with E-state index in [2.05, 4.69) is 16.8 Å². The van der Waals surface area contributed by atoms with E-state index in [1.165, 1.54) is 10.4 Å². The molecule has 3 heterocycles. The summed E-state index contributed by atoms with van der Waals surface area (Å²) in [5, 5.41) is 5.02. The number of benzene rings is 2. The van der Waals surface area contributed by atoms with Crippen LogP contribution in [0.15, 0.2) is 53.9 Å². The van der Waals surface area contributed by atoms with Gasteiger partial charge in [0.25, 0.3) is 11.8 Å². The maximum Gasteiger partial charge on any atom is 0.255 e. The molecule has 0 saturated carbocycles. The van der Waals surface area contributed by atoms with Crippen LogP contribution in [0.2, 0.25) is 0 Å². The summed E-state index contributed by atoms with van der Waals surface area (Å²) in [7, 11) is 0. The van der Waals surface area contributed by atoms with Gasteiger partial charge in [0.05, 0.1) is 0 Å². The summed E-state index contributed by atoms with van der Waals surface area (Å²) in [6.07, 6.45) is 2.32. The zero-order valence-electron chi connectivity index (χ0n) is 18.5. The van der Waals surface area contributed by atoms with Gasteiger partial charge >= 0.3 is 0 Å². The summed E-state index contributed by atoms with van der Waals surface area (Å²) in [5.74, 6) is -0.142. The molecule has 2 aromatic carbocycles. The van der Waals surface area contributed by atoms with E-state index < -0.39 is 0 Å². The van der Waals surface area contributed by atoms with E-state index in [9.17, 15) is 14.4 Å². The third kappa shape index (κ3) is 4.16. The molecular formula is C26H25N3O3S. The molecule has 0 unspecified atom stereocenters. The quantitative estimate of drug-likeness (QED) is 0.618. The maximum absolute atomic E-state index is 13.2. The lowest BCUT2D eigenvalue weighted by Crippen LogP contribution is -2.35. The molecule has 1 fully saturated rings. The first-order chi connectivity index (χ1) is 16.0. The fourth-order valence-corrected chi connectivity index (χ4v) is 5.39. The van der Waals surface area contributed by atoms with Gasteiger partial charge in [-0.2, -0.15) is 0 Å². The van der Waals surface area contributed by atoms with Crippen LogP contribution in [0.5, 0.6) is 0 Å². The Morgan fingerprint density at radius 3 is 2.58 bits per heavy atom. The highest BCUT2D eigenvalue weighted by Crippen LogP contribution is 2.27. The first kappa shape index (κ1) is 21.4. The average molecular weight is 460 g/mol. The molecule has 3 aromatic rings. The molecule has 1 N–H and O–H groups in total. The van der Waals surface area contributed by atoms with Gasteiger partial charge in [-0.15, -0.1) is 11.3 Å². The number of thiophene rings is 1. The number of anilines is 2. The molecule has 0 radical (unpaired) electrons. The van der Waals surface area contributed by atoms with Gasteiger partial charge in [-0.05, 0) is 78.7 Å². The molecule has 168 valence electrons. The van der Waals surface area contributed by atoms with Crippen molar-refractivity contribution in [1.82, 2.24) is 4.90 Å². The fraction of sp³-hybridized carbons (Fsp3) is 0.269. The van der Waals surface area contributed by atoms with Crippen molar-refractivity contribution < 1.29 is 14.4 Å². The highest BCUT2D eigenvalue weighted by atomic mass is 32.1. The predicted molar refractivity (Wildman–Crippen MR) is 130 cm³/mol. The smallest absolute Gasteiger partial charge is 0.255 e. The number of hydrogen-bond acceptors (Lipinski definition) is 4. The Labute approximate surface area is 196 Å². The van der Waals surface area contributed by atoms with Gasteiger partial charge in [0.2, 0.25) is 5.91 Å². The van der Waals surface area contributed by atoms with Crippen LogP contribution in [0.25, 0.3) is 0 Å². The zero-order valence-corrected chi connectivity index (χ0v) is 19.3. The number of carbonyl (C=O) groups is 3. The van der Waals surface area contributed by atoms with E-state index in [0.717, 1.165) is 30.6 Å². The molecule has 0 aliphatic carbocycles. The number of carbonyl (C=O) groups excluding carboxylic acids is 3. The average Bonchev–Trinajstić information content (AvgIpc) is 3.48. The molecule has 7 heteroatoms. The third-order valence-corrected chi connectivity index (χ3v) is 7.44. The minimum atomic E-state index is -0.247. The van der Waals surface area contributed by atoms with E-state index in [0.29, 0.717) is 36.3 Å². The molecule has 2 aliphatic rings. The van der Waals surface area contributed by atoms with E-state index in [1.54, 1.807) is 46.6 Å². The molecule has 2 aliphatic heterocycles. The summed E-state index contributed by atoms with van der Waals surface area (Å²) >= 11 is 1.75. The van der Waals surface area contributed by atoms with Crippen LogP contribution >= 0.6 is 11.3 Å². The highest BCUT2D eigenvalue weighted by molar-refractivity contribution is 7.10. The molecule has 3 amide bonds. The topological polar surface area (TPSA) is 69.7 Å². The van der Waals surface area contributed by atoms with Gasteiger partial charge in [-0.1, -0.05) is 6.07 Å². The normalized spacial score (nSPS) is 15.5. The minimum absolute atomic E-state index is 0.0138. The molecule has 0 atom stereocenters. The van der Waals surface area contributed by atoms with Crippen LogP contribution in [-0.4, -0.2) is 35.7 Å². The summed E-state index contributed by atoms with van der Waals surface area (Å²) in [4.78, 5) is 43.0. The lowest BCUT2D eigenvalue weighted by molar-refractivity contribution is -0.117. The lowest BCUT2D eigenvalue weighted by Gasteiger charge is -2.28. The van der Waals surface area contributed by atoms with Crippen LogP contribution in [0.3, 0.4) is 0 Å². The SMILES string of the molecule is Cc1c(NC(=O)c2ccc(N3CCCC3=O)cc2)cccc1C(=O)N1CCc2sccc2C1. The second kappa shape index (κ2) is 8.83. The number of rotatable bonds is 4. The van der Waals surface area contributed by atoms with Gasteiger partial charge in [0.15, 0.2) is 0 Å². The fourth-order valence-electron chi connectivity index (χ4n) is 4.50. The molecule has 1 aromatic heterocycles. The number of amides is 3. The highest BCUT2D eigenvalue weighted by Gasteiger charge is 2.25. The lowest BCUT2D eigenvalue weighted by atomic mass is 10.0. The standard InChI is InChI=1S/C26H25N3O3S/c1-17-21(26(32)28-14-11-23-19(16-28)12-15-33-23)4-2-5-22(17)27-25(31)18-7-9-20(10-8-18)29-13-3-6-24(29)30/h2,4-5,7-10,12,15H,3,6,11,13-14,16H2,1H3,(H,27,31). The van der Waals surface area contributed by atoms with E-state index in [-0.39, 0.29) is 17.7 Å². The Morgan fingerprint density at radius 2 is 1.82 bits per heavy atom. The Hall–Kier alpha value is -3.45. The minimum Gasteiger partial charge on any atom is -0.334 e. The maximum atomic E-state index is 13.2. The van der Waals surface area contributed by atoms with Crippen molar-refractivity contribution in [3.63, 3.8) is 0 Å². The van der Waals surface area contributed by atoms with E-state index in [1.807, 2.05) is 24.0 Å². The number of fused-ring (bicyclic) bond motifs is 1. The van der Waals surface area contributed by atoms with Gasteiger partial charge in [-0.25, -0.2) is 0 Å². The van der Waals surface area contributed by atoms with Gasteiger partial charge in [0.1, 0.15) is 0 Å². The van der Waals surface area contributed by atoms with E-state index >= 15 is 0 Å². The van der Waals surface area contributed by atoms with Crippen molar-refractivity contribution in [2.45, 2.75) is 32.7 Å². The van der Waals surface area contributed by atoms with Crippen molar-refractivity contribution >= 4 is 40.4 Å². The van der Waals surface area contributed by atoms with E-state index in [4.69, 9.17) is 0 Å². The molecule has 0 bridgehead atoms. The largest absolute Gasteiger partial charge is 0.334 e. The first-order valence-corrected chi connectivity index (χ1v) is 12.0. The number of hydrogen-bond donors (Lipinski definition) is 1. The van der Waals surface area contributed by atoms with Crippen LogP contribution in [-0.2, 0) is 17.8 Å². The molecule has 6 nitrogen and oxygen atoms in total. The number of nitrogens with zero attached hydrogens (tertiary/aromatic N) is 2. The Balaban J connectivity index is 1.30. The number of nitrogens with one attached hydrogen (secondary N) is 1. The van der Waals surface area contributed by atoms with Crippen LogP contribution in [0, 0.1) is 6.92 Å². The Morgan fingerprint density at radius 1 is 1.00 bits per heavy atom. The van der Waals surface area contributed by atoms with Crippen molar-refractivity contribution in [3.05, 3.63) is 81.0 Å². The van der Waals surface area contributed by atoms with Crippen LogP contribution < -0.4 is 10.2 Å². The molecule has 33 heavy (non-hydrogen) atoms. The molecule has 5 rings (SSSR count). The van der Waals surface area contributed by atoms with Gasteiger partial charge < -0.3 is 15.1 Å². The van der Waals surface area contributed by atoms with Crippen LogP contribution in [0.1, 0.15) is 49.6 Å². The van der Waals surface area contributed by atoms with Gasteiger partial charge in [0, 0.05) is 53.4 Å². The zero-order chi connectivity index (χ0) is 22.9. The van der Waals surface area contributed by atoms with Gasteiger partial charge in [-0.3, -0.25) is 14.4 Å². The summed E-state index contributed by atoms with van der Waals surface area (Å²) in [5.41, 5.74) is 4.52. The second-order valence-electron chi connectivity index (χ2n) is 8.47. The summed E-state index contributed by atoms with van der Waals surface area (Å²) < 4.78 is 0. The predicted octanol–water partition coefficient (Wildman–Crippen LogP) is 4.63. The van der Waals surface area contributed by atoms with Crippen molar-refractivity contribution in [2.75, 3.05) is 23.3 Å². The third-order valence-electron chi connectivity index (χ3n) is 6.42. The summed E-state index contributed by atoms with van der Waals surface area (Å²) in [6, 6.07) is 14.6. The summed E-state index contributed by atoms with van der Waals surface area (Å²) in [6.45, 7) is 3.91. The monoisotopic (exact) mass is 459 g/mol. The second-order valence-corrected chi connectivity index (χ2v) is 9.47.